The average molecular weight is 188 g/mol. The van der Waals surface area contributed by atoms with Crippen LogP contribution in [0.5, 0.6) is 5.75 Å². The van der Waals surface area contributed by atoms with Crippen molar-refractivity contribution in [2.24, 2.45) is 0 Å². The number of hydrogen-bond acceptors (Lipinski definition) is 1. The third-order valence-electron chi connectivity index (χ3n) is 1.61. The van der Waals surface area contributed by atoms with E-state index in [0.29, 0.717) is 16.7 Å². The molecule has 57 valence electrons. The Balaban J connectivity index is 2.60. The standard InChI is InChI=1S/C8H5Cl2O/c9-6-3-5-1-2-11-8(5)7(10)4-6/h4H,1-2H2. The fraction of sp³-hybridized carbons (Fsp3) is 0.250. The minimum absolute atomic E-state index is 0.555. The first-order chi connectivity index (χ1) is 5.27. The van der Waals surface area contributed by atoms with Crippen molar-refractivity contribution in [3.63, 3.8) is 0 Å². The molecule has 3 heteroatoms. The Bertz CT molecular complexity index is 296. The molecule has 1 aromatic rings. The van der Waals surface area contributed by atoms with E-state index < -0.39 is 0 Å². The van der Waals surface area contributed by atoms with Crippen molar-refractivity contribution in [1.29, 1.82) is 0 Å². The molecule has 1 aliphatic heterocycles. The van der Waals surface area contributed by atoms with Crippen molar-refractivity contribution in [2.45, 2.75) is 6.42 Å². The predicted octanol–water partition coefficient (Wildman–Crippen LogP) is 2.73. The monoisotopic (exact) mass is 187 g/mol. The van der Waals surface area contributed by atoms with Gasteiger partial charge in [-0.25, -0.2) is 0 Å². The Morgan fingerprint density at radius 3 is 3.09 bits per heavy atom. The van der Waals surface area contributed by atoms with Gasteiger partial charge in [-0.2, -0.15) is 0 Å². The van der Waals surface area contributed by atoms with Crippen molar-refractivity contribution in [1.82, 2.24) is 0 Å². The molecule has 0 aromatic heterocycles. The molecule has 0 aliphatic carbocycles. The van der Waals surface area contributed by atoms with Crippen molar-refractivity contribution < 1.29 is 4.74 Å². The second-order valence-electron chi connectivity index (χ2n) is 2.37. The molecule has 0 bridgehead atoms. The van der Waals surface area contributed by atoms with Crippen LogP contribution in [-0.4, -0.2) is 6.61 Å². The summed E-state index contributed by atoms with van der Waals surface area (Å²) in [5.74, 6) is 0.746. The van der Waals surface area contributed by atoms with Crippen LogP contribution in [-0.2, 0) is 6.42 Å². The maximum atomic E-state index is 5.85. The van der Waals surface area contributed by atoms with E-state index in [1.807, 2.05) is 0 Å². The van der Waals surface area contributed by atoms with Gasteiger partial charge in [-0.1, -0.05) is 23.2 Å². The fourth-order valence-corrected chi connectivity index (χ4v) is 1.70. The maximum Gasteiger partial charge on any atom is 0.141 e. The Morgan fingerprint density at radius 2 is 2.27 bits per heavy atom. The molecule has 0 atom stereocenters. The van der Waals surface area contributed by atoms with Gasteiger partial charge in [-0.3, -0.25) is 0 Å². The van der Waals surface area contributed by atoms with Gasteiger partial charge in [0.2, 0.25) is 0 Å². The number of hydrogen-bond donors (Lipinski definition) is 0. The number of benzene rings is 1. The number of rotatable bonds is 0. The molecule has 0 unspecified atom stereocenters. The Hall–Kier alpha value is -0.400. The van der Waals surface area contributed by atoms with E-state index in [1.165, 1.54) is 0 Å². The highest BCUT2D eigenvalue weighted by atomic mass is 35.5. The molecule has 1 nitrogen and oxygen atoms in total. The number of halogens is 2. The quantitative estimate of drug-likeness (QED) is 0.608. The molecule has 1 heterocycles. The van der Waals surface area contributed by atoms with Crippen LogP contribution in [0.2, 0.25) is 10.0 Å². The molecule has 1 aromatic carbocycles. The van der Waals surface area contributed by atoms with Crippen LogP contribution < -0.4 is 4.74 Å². The van der Waals surface area contributed by atoms with Gasteiger partial charge >= 0.3 is 0 Å². The summed E-state index contributed by atoms with van der Waals surface area (Å²) in [5.41, 5.74) is 0.988. The van der Waals surface area contributed by atoms with Crippen LogP contribution in [0.25, 0.3) is 0 Å². The maximum absolute atomic E-state index is 5.85. The molecule has 1 aliphatic rings. The van der Waals surface area contributed by atoms with E-state index in [0.717, 1.165) is 17.7 Å². The molecule has 0 fully saturated rings. The van der Waals surface area contributed by atoms with Gasteiger partial charge in [-0.05, 0) is 6.07 Å². The number of ether oxygens (including phenoxy) is 1. The van der Waals surface area contributed by atoms with Crippen LogP contribution in [0.4, 0.5) is 0 Å². The smallest absolute Gasteiger partial charge is 0.141 e. The molecular weight excluding hydrogens is 183 g/mol. The molecule has 0 saturated heterocycles. The summed E-state index contributed by atoms with van der Waals surface area (Å²) in [6.07, 6.45) is 0.857. The van der Waals surface area contributed by atoms with Crippen molar-refractivity contribution in [3.05, 3.63) is 27.7 Å². The highest BCUT2D eigenvalue weighted by molar-refractivity contribution is 6.35. The first kappa shape index (κ1) is 7.26. The molecule has 0 N–H and O–H groups in total. The first-order valence-corrected chi connectivity index (χ1v) is 4.06. The minimum Gasteiger partial charge on any atom is -0.491 e. The normalized spacial score (nSPS) is 14.4. The van der Waals surface area contributed by atoms with Crippen molar-refractivity contribution in [2.75, 3.05) is 6.61 Å². The zero-order chi connectivity index (χ0) is 7.84. The summed E-state index contributed by atoms with van der Waals surface area (Å²) in [4.78, 5) is 0. The summed E-state index contributed by atoms with van der Waals surface area (Å²) in [5, 5.41) is 1.14. The van der Waals surface area contributed by atoms with E-state index in [2.05, 4.69) is 6.07 Å². The van der Waals surface area contributed by atoms with Crippen LogP contribution in [0.3, 0.4) is 0 Å². The third kappa shape index (κ3) is 1.19. The van der Waals surface area contributed by atoms with Crippen LogP contribution in [0, 0.1) is 6.07 Å². The summed E-state index contributed by atoms with van der Waals surface area (Å²) in [6.45, 7) is 0.686. The molecule has 1 radical (unpaired) electrons. The SMILES string of the molecule is Clc1[c]c2c(c(Cl)c1)OCC2. The average Bonchev–Trinajstić information content (AvgIpc) is 2.34. The van der Waals surface area contributed by atoms with E-state index in [9.17, 15) is 0 Å². The summed E-state index contributed by atoms with van der Waals surface area (Å²) < 4.78 is 5.26. The number of fused-ring (bicyclic) bond motifs is 1. The van der Waals surface area contributed by atoms with E-state index >= 15 is 0 Å². The third-order valence-corrected chi connectivity index (χ3v) is 2.10. The van der Waals surface area contributed by atoms with Gasteiger partial charge in [-0.15, -0.1) is 0 Å². The van der Waals surface area contributed by atoms with Crippen LogP contribution in [0.1, 0.15) is 5.56 Å². The zero-order valence-electron chi connectivity index (χ0n) is 5.66. The van der Waals surface area contributed by atoms with Gasteiger partial charge in [0.15, 0.2) is 0 Å². The Labute approximate surface area is 74.9 Å². The second kappa shape index (κ2) is 2.58. The van der Waals surface area contributed by atoms with Crippen molar-refractivity contribution >= 4 is 23.2 Å². The molecule has 0 spiro atoms. The lowest BCUT2D eigenvalue weighted by molar-refractivity contribution is 0.357. The topological polar surface area (TPSA) is 9.23 Å². The first-order valence-electron chi connectivity index (χ1n) is 3.30. The lowest BCUT2D eigenvalue weighted by Crippen LogP contribution is -1.86. The van der Waals surface area contributed by atoms with Gasteiger partial charge in [0.1, 0.15) is 5.75 Å². The van der Waals surface area contributed by atoms with Gasteiger partial charge in [0.25, 0.3) is 0 Å². The zero-order valence-corrected chi connectivity index (χ0v) is 7.17. The molecular formula is C8H5Cl2O. The van der Waals surface area contributed by atoms with Crippen LogP contribution in [0.15, 0.2) is 6.07 Å². The highest BCUT2D eigenvalue weighted by Crippen LogP contribution is 2.35. The van der Waals surface area contributed by atoms with Crippen LogP contribution >= 0.6 is 23.2 Å². The molecule has 0 saturated carbocycles. The second-order valence-corrected chi connectivity index (χ2v) is 3.19. The van der Waals surface area contributed by atoms with Crippen molar-refractivity contribution in [3.8, 4) is 5.75 Å². The lowest BCUT2D eigenvalue weighted by atomic mass is 10.2. The van der Waals surface area contributed by atoms with Gasteiger partial charge in [0, 0.05) is 18.1 Å². The Morgan fingerprint density at radius 1 is 1.45 bits per heavy atom. The van der Waals surface area contributed by atoms with E-state index in [-0.39, 0.29) is 0 Å². The highest BCUT2D eigenvalue weighted by Gasteiger charge is 2.16. The van der Waals surface area contributed by atoms with Gasteiger partial charge < -0.3 is 4.74 Å². The molecule has 11 heavy (non-hydrogen) atoms. The summed E-state index contributed by atoms with van der Waals surface area (Å²) >= 11 is 11.6. The lowest BCUT2D eigenvalue weighted by Gasteiger charge is -2.00. The minimum atomic E-state index is 0.555. The fourth-order valence-electron chi connectivity index (χ4n) is 1.15. The Kier molecular flexibility index (Phi) is 1.70. The van der Waals surface area contributed by atoms with E-state index in [4.69, 9.17) is 27.9 Å². The van der Waals surface area contributed by atoms with Gasteiger partial charge in [0.05, 0.1) is 16.7 Å². The molecule has 2 rings (SSSR count). The summed E-state index contributed by atoms with van der Waals surface area (Å²) in [6, 6.07) is 4.63. The molecule has 0 amide bonds. The largest absolute Gasteiger partial charge is 0.491 e. The predicted molar refractivity (Wildman–Crippen MR) is 44.5 cm³/mol. The summed E-state index contributed by atoms with van der Waals surface area (Å²) in [7, 11) is 0. The van der Waals surface area contributed by atoms with E-state index in [1.54, 1.807) is 6.07 Å².